The number of amides is 1. The molecule has 2 saturated heterocycles. The summed E-state index contributed by atoms with van der Waals surface area (Å²) in [5, 5.41) is 3.16. The van der Waals surface area contributed by atoms with E-state index >= 15 is 0 Å². The highest BCUT2D eigenvalue weighted by Gasteiger charge is 2.30. The van der Waals surface area contributed by atoms with Crippen LogP contribution in [0, 0.1) is 0 Å². The van der Waals surface area contributed by atoms with Crippen molar-refractivity contribution in [2.75, 3.05) is 40.0 Å². The zero-order chi connectivity index (χ0) is 10.7. The Morgan fingerprint density at radius 1 is 1.44 bits per heavy atom. The van der Waals surface area contributed by atoms with E-state index < -0.39 is 0 Å². The highest BCUT2D eigenvalue weighted by Crippen LogP contribution is 2.13. The van der Waals surface area contributed by atoms with Gasteiger partial charge in [-0.05, 0) is 6.42 Å². The van der Waals surface area contributed by atoms with Gasteiger partial charge in [0.05, 0.1) is 19.3 Å². The first kappa shape index (κ1) is 13.7. The molecule has 2 atom stereocenters. The predicted octanol–water partition coefficient (Wildman–Crippen LogP) is -0.356. The van der Waals surface area contributed by atoms with Gasteiger partial charge in [0, 0.05) is 26.7 Å². The van der Waals surface area contributed by atoms with Crippen LogP contribution in [-0.2, 0) is 14.3 Å². The van der Waals surface area contributed by atoms with Crippen molar-refractivity contribution in [3.05, 3.63) is 0 Å². The van der Waals surface area contributed by atoms with Crippen molar-refractivity contribution in [2.24, 2.45) is 0 Å². The van der Waals surface area contributed by atoms with Crippen molar-refractivity contribution < 1.29 is 14.3 Å². The average molecular weight is 251 g/mol. The normalized spacial score (nSPS) is 29.6. The first-order chi connectivity index (χ1) is 7.29. The third-order valence-corrected chi connectivity index (χ3v) is 3.00. The number of morpholine rings is 1. The number of ether oxygens (including phenoxy) is 2. The summed E-state index contributed by atoms with van der Waals surface area (Å²) in [5.74, 6) is 0.0673. The van der Waals surface area contributed by atoms with Crippen LogP contribution in [0.2, 0.25) is 0 Å². The Kier molecular flexibility index (Phi) is 5.48. The highest BCUT2D eigenvalue weighted by molar-refractivity contribution is 5.85. The number of carbonyl (C=O) groups excluding carboxylic acids is 1. The van der Waals surface area contributed by atoms with E-state index in [9.17, 15) is 4.79 Å². The molecule has 1 N–H and O–H groups in total. The molecule has 0 aromatic heterocycles. The van der Waals surface area contributed by atoms with Gasteiger partial charge in [-0.3, -0.25) is 4.79 Å². The molecule has 0 aromatic rings. The molecule has 0 saturated carbocycles. The van der Waals surface area contributed by atoms with Crippen LogP contribution in [0.5, 0.6) is 0 Å². The van der Waals surface area contributed by atoms with Gasteiger partial charge in [0.15, 0.2) is 0 Å². The molecule has 6 heteroatoms. The molecule has 0 bridgehead atoms. The van der Waals surface area contributed by atoms with Crippen molar-refractivity contribution in [1.29, 1.82) is 0 Å². The molecule has 0 spiro atoms. The molecule has 2 fully saturated rings. The number of nitrogens with zero attached hydrogens (tertiary/aromatic N) is 1. The third-order valence-electron chi connectivity index (χ3n) is 3.00. The number of carbonyl (C=O) groups is 1. The van der Waals surface area contributed by atoms with Crippen LogP contribution in [0.1, 0.15) is 6.42 Å². The Balaban J connectivity index is 0.00000128. The Labute approximate surface area is 102 Å². The van der Waals surface area contributed by atoms with Crippen molar-refractivity contribution in [3.63, 3.8) is 0 Å². The van der Waals surface area contributed by atoms with Crippen molar-refractivity contribution in [2.45, 2.75) is 18.6 Å². The third kappa shape index (κ3) is 3.07. The zero-order valence-electron chi connectivity index (χ0n) is 9.48. The van der Waals surface area contributed by atoms with E-state index in [1.54, 1.807) is 4.90 Å². The second-order valence-electron chi connectivity index (χ2n) is 4.03. The van der Waals surface area contributed by atoms with Gasteiger partial charge in [-0.15, -0.1) is 12.4 Å². The summed E-state index contributed by atoms with van der Waals surface area (Å²) >= 11 is 0. The maximum Gasteiger partial charge on any atom is 0.253 e. The summed E-state index contributed by atoms with van der Waals surface area (Å²) in [6.07, 6.45) is 0.618. The van der Waals surface area contributed by atoms with E-state index in [2.05, 4.69) is 5.32 Å². The van der Waals surface area contributed by atoms with Crippen LogP contribution in [-0.4, -0.2) is 62.9 Å². The maximum atomic E-state index is 12.0. The van der Waals surface area contributed by atoms with E-state index in [4.69, 9.17) is 9.47 Å². The van der Waals surface area contributed by atoms with Crippen molar-refractivity contribution >= 4 is 18.3 Å². The smallest absolute Gasteiger partial charge is 0.253 e. The number of nitrogens with one attached hydrogen (secondary N) is 1. The molecule has 0 aliphatic carbocycles. The predicted molar refractivity (Wildman–Crippen MR) is 61.9 cm³/mol. The summed E-state index contributed by atoms with van der Waals surface area (Å²) in [6.45, 7) is 3.48. The molecule has 2 rings (SSSR count). The lowest BCUT2D eigenvalue weighted by Gasteiger charge is -2.30. The first-order valence-electron chi connectivity index (χ1n) is 5.46. The molecule has 0 aromatic carbocycles. The van der Waals surface area contributed by atoms with Crippen molar-refractivity contribution in [1.82, 2.24) is 10.2 Å². The van der Waals surface area contributed by atoms with E-state index in [-0.39, 0.29) is 30.5 Å². The largest absolute Gasteiger partial charge is 0.379 e. The van der Waals surface area contributed by atoms with Crippen LogP contribution in [0.25, 0.3) is 0 Å². The van der Waals surface area contributed by atoms with Gasteiger partial charge >= 0.3 is 0 Å². The SMILES string of the molecule is CN(C(=O)[C@@H]1CNCCO1)C1CCOC1.Cl. The van der Waals surface area contributed by atoms with E-state index in [0.29, 0.717) is 19.8 Å². The van der Waals surface area contributed by atoms with E-state index in [0.717, 1.165) is 19.6 Å². The van der Waals surface area contributed by atoms with Gasteiger partial charge in [0.2, 0.25) is 0 Å². The highest BCUT2D eigenvalue weighted by atomic mass is 35.5. The lowest BCUT2D eigenvalue weighted by Crippen LogP contribution is -2.51. The van der Waals surface area contributed by atoms with E-state index in [1.165, 1.54) is 0 Å². The van der Waals surface area contributed by atoms with Crippen LogP contribution in [0.3, 0.4) is 0 Å². The quantitative estimate of drug-likeness (QED) is 0.728. The fourth-order valence-electron chi connectivity index (χ4n) is 1.96. The van der Waals surface area contributed by atoms with Gasteiger partial charge in [0.25, 0.3) is 5.91 Å². The number of halogens is 1. The van der Waals surface area contributed by atoms with Crippen molar-refractivity contribution in [3.8, 4) is 0 Å². The van der Waals surface area contributed by atoms with E-state index in [1.807, 2.05) is 7.05 Å². The summed E-state index contributed by atoms with van der Waals surface area (Å²) < 4.78 is 10.7. The molecule has 16 heavy (non-hydrogen) atoms. The topological polar surface area (TPSA) is 50.8 Å². The van der Waals surface area contributed by atoms with Crippen LogP contribution < -0.4 is 5.32 Å². The Morgan fingerprint density at radius 3 is 2.81 bits per heavy atom. The summed E-state index contributed by atoms with van der Waals surface area (Å²) in [4.78, 5) is 13.8. The Hall–Kier alpha value is -0.360. The van der Waals surface area contributed by atoms with Gasteiger partial charge in [-0.2, -0.15) is 0 Å². The first-order valence-corrected chi connectivity index (χ1v) is 5.46. The molecule has 2 heterocycles. The number of rotatable bonds is 2. The minimum absolute atomic E-state index is 0. The lowest BCUT2D eigenvalue weighted by molar-refractivity contribution is -0.146. The second kappa shape index (κ2) is 6.39. The van der Waals surface area contributed by atoms with Crippen LogP contribution in [0.15, 0.2) is 0 Å². The molecular formula is C10H19ClN2O3. The molecule has 2 aliphatic heterocycles. The summed E-state index contributed by atoms with van der Waals surface area (Å²) in [6, 6.07) is 0.225. The molecule has 94 valence electrons. The summed E-state index contributed by atoms with van der Waals surface area (Å²) in [5.41, 5.74) is 0. The standard InChI is InChI=1S/C10H18N2O3.ClH/c1-12(8-2-4-14-7-8)10(13)9-6-11-3-5-15-9;/h8-9,11H,2-7H2,1H3;1H/t8?,9-;/m0./s1. The van der Waals surface area contributed by atoms with Gasteiger partial charge in [-0.1, -0.05) is 0 Å². The fourth-order valence-corrected chi connectivity index (χ4v) is 1.96. The van der Waals surface area contributed by atoms with Crippen LogP contribution >= 0.6 is 12.4 Å². The zero-order valence-corrected chi connectivity index (χ0v) is 10.3. The molecule has 0 radical (unpaired) electrons. The lowest BCUT2D eigenvalue weighted by atomic mass is 10.2. The second-order valence-corrected chi connectivity index (χ2v) is 4.03. The average Bonchev–Trinajstić information content (AvgIpc) is 2.82. The molecule has 5 nitrogen and oxygen atoms in total. The molecule has 2 aliphatic rings. The summed E-state index contributed by atoms with van der Waals surface area (Å²) in [7, 11) is 1.83. The number of likely N-dealkylation sites (N-methyl/N-ethyl adjacent to an activating group) is 1. The number of hydrogen-bond donors (Lipinski definition) is 1. The molecular weight excluding hydrogens is 232 g/mol. The van der Waals surface area contributed by atoms with Gasteiger partial charge in [-0.25, -0.2) is 0 Å². The molecule has 1 unspecified atom stereocenters. The van der Waals surface area contributed by atoms with Gasteiger partial charge in [0.1, 0.15) is 6.10 Å². The monoisotopic (exact) mass is 250 g/mol. The fraction of sp³-hybridized carbons (Fsp3) is 0.900. The minimum Gasteiger partial charge on any atom is -0.379 e. The maximum absolute atomic E-state index is 12.0. The molecule has 1 amide bonds. The van der Waals surface area contributed by atoms with Crippen LogP contribution in [0.4, 0.5) is 0 Å². The Morgan fingerprint density at radius 2 is 2.25 bits per heavy atom. The minimum atomic E-state index is -0.315. The van der Waals surface area contributed by atoms with Gasteiger partial charge < -0.3 is 19.7 Å². The number of hydrogen-bond acceptors (Lipinski definition) is 4. The Bertz CT molecular complexity index is 228.